The third kappa shape index (κ3) is 1.79. The zero-order chi connectivity index (χ0) is 8.97. The second-order valence-corrected chi connectivity index (χ2v) is 3.07. The smallest absolute Gasteiger partial charge is 0.0891 e. The van der Waals surface area contributed by atoms with Gasteiger partial charge in [-0.3, -0.25) is 0 Å². The molecule has 64 valence electrons. The Morgan fingerprint density at radius 2 is 1.75 bits per heavy atom. The number of nitrogens with zero attached hydrogens (tertiary/aromatic N) is 1. The highest BCUT2D eigenvalue weighted by atomic mass is 14.6. The van der Waals surface area contributed by atoms with Crippen LogP contribution in [0.3, 0.4) is 0 Å². The van der Waals surface area contributed by atoms with Crippen molar-refractivity contribution in [2.24, 2.45) is 0 Å². The molecule has 0 saturated carbocycles. The van der Waals surface area contributed by atoms with E-state index in [2.05, 4.69) is 13.8 Å². The van der Waals surface area contributed by atoms with Crippen molar-refractivity contribution in [3.05, 3.63) is 29.8 Å². The molecule has 0 aliphatic heterocycles. The fraction of sp³-hybridized carbons (Fsp3) is 0.455. The Bertz CT molecular complexity index is 239. The van der Waals surface area contributed by atoms with Gasteiger partial charge in [0.15, 0.2) is 0 Å². The molecule has 2 radical (unpaired) electrons. The molecule has 0 aromatic heterocycles. The van der Waals surface area contributed by atoms with Crippen molar-refractivity contribution in [1.29, 1.82) is 0 Å². The van der Waals surface area contributed by atoms with Crippen LogP contribution in [0, 0.1) is 0 Å². The summed E-state index contributed by atoms with van der Waals surface area (Å²) in [5.41, 5.74) is 11.1. The van der Waals surface area contributed by atoms with Gasteiger partial charge in [0.2, 0.25) is 0 Å². The zero-order valence-corrected chi connectivity index (χ0v) is 7.75. The summed E-state index contributed by atoms with van der Waals surface area (Å²) in [6.07, 6.45) is 2.18. The molecule has 0 spiro atoms. The summed E-state index contributed by atoms with van der Waals surface area (Å²) in [6.45, 7) is 4.31. The summed E-state index contributed by atoms with van der Waals surface area (Å²) in [6, 6.07) is 7.61. The van der Waals surface area contributed by atoms with E-state index in [1.54, 1.807) is 6.07 Å². The molecule has 0 atom stereocenters. The van der Waals surface area contributed by atoms with Crippen LogP contribution in [0.4, 0.5) is 5.69 Å². The van der Waals surface area contributed by atoms with E-state index < -0.39 is 0 Å². The molecule has 0 N–H and O–H groups in total. The standard InChI is InChI=1S/C11H15N/c1-3-9(4-2)10-7-5-6-8-11(10)12/h5-9H,3-4H2,1-2H3. The van der Waals surface area contributed by atoms with Crippen LogP contribution >= 0.6 is 0 Å². The molecule has 1 aromatic rings. The van der Waals surface area contributed by atoms with Crippen molar-refractivity contribution in [1.82, 2.24) is 5.73 Å². The molecular formula is C11H15N. The molecule has 0 heterocycles. The monoisotopic (exact) mass is 161 g/mol. The second-order valence-electron chi connectivity index (χ2n) is 3.07. The lowest BCUT2D eigenvalue weighted by atomic mass is 9.93. The maximum absolute atomic E-state index is 9.54. The average Bonchev–Trinajstić information content (AvgIpc) is 2.10. The fourth-order valence-electron chi connectivity index (χ4n) is 1.56. The van der Waals surface area contributed by atoms with Crippen molar-refractivity contribution < 1.29 is 0 Å². The first-order valence-electron chi connectivity index (χ1n) is 4.57. The van der Waals surface area contributed by atoms with E-state index in [4.69, 9.17) is 0 Å². The van der Waals surface area contributed by atoms with Crippen LogP contribution in [-0.4, -0.2) is 0 Å². The van der Waals surface area contributed by atoms with Crippen molar-refractivity contribution in [2.45, 2.75) is 32.6 Å². The minimum atomic E-state index is 0.436. The van der Waals surface area contributed by atoms with E-state index in [1.807, 2.05) is 18.2 Å². The third-order valence-corrected chi connectivity index (χ3v) is 2.36. The van der Waals surface area contributed by atoms with Gasteiger partial charge in [-0.1, -0.05) is 32.0 Å². The molecule has 0 fully saturated rings. The van der Waals surface area contributed by atoms with Crippen molar-refractivity contribution in [3.63, 3.8) is 0 Å². The van der Waals surface area contributed by atoms with Crippen molar-refractivity contribution >= 4 is 5.69 Å². The van der Waals surface area contributed by atoms with Crippen molar-refractivity contribution in [3.8, 4) is 0 Å². The zero-order valence-electron chi connectivity index (χ0n) is 7.75. The number of rotatable bonds is 3. The van der Waals surface area contributed by atoms with Crippen molar-refractivity contribution in [2.75, 3.05) is 0 Å². The Morgan fingerprint density at radius 1 is 1.17 bits per heavy atom. The molecule has 1 heteroatoms. The molecule has 1 rings (SSSR count). The largest absolute Gasteiger partial charge is 0.150 e. The Morgan fingerprint density at radius 3 is 2.25 bits per heavy atom. The number of benzene rings is 1. The quantitative estimate of drug-likeness (QED) is 0.649. The molecule has 0 saturated heterocycles. The van der Waals surface area contributed by atoms with Crippen LogP contribution in [0.1, 0.15) is 38.2 Å². The number of hydrogen-bond donors (Lipinski definition) is 0. The molecule has 12 heavy (non-hydrogen) atoms. The first-order valence-corrected chi connectivity index (χ1v) is 4.57. The predicted octanol–water partition coefficient (Wildman–Crippen LogP) is 3.29. The fourth-order valence-corrected chi connectivity index (χ4v) is 1.56. The minimum absolute atomic E-state index is 0.436. The molecule has 1 nitrogen and oxygen atoms in total. The highest BCUT2D eigenvalue weighted by molar-refractivity contribution is 5.45. The van der Waals surface area contributed by atoms with E-state index in [-0.39, 0.29) is 0 Å². The van der Waals surface area contributed by atoms with E-state index in [0.717, 1.165) is 18.4 Å². The van der Waals surface area contributed by atoms with Crippen LogP contribution in [0.5, 0.6) is 0 Å². The molecule has 0 bridgehead atoms. The Kier molecular flexibility index (Phi) is 3.15. The van der Waals surface area contributed by atoms with E-state index >= 15 is 0 Å². The van der Waals surface area contributed by atoms with Gasteiger partial charge in [0.1, 0.15) is 0 Å². The van der Waals surface area contributed by atoms with Crippen LogP contribution < -0.4 is 5.73 Å². The van der Waals surface area contributed by atoms with E-state index in [1.165, 1.54) is 0 Å². The van der Waals surface area contributed by atoms with E-state index in [0.29, 0.717) is 11.6 Å². The highest BCUT2D eigenvalue weighted by Crippen LogP contribution is 2.27. The SMILES string of the molecule is CCC(CC)c1ccccc1[N]. The Balaban J connectivity index is 2.92. The molecule has 0 amide bonds. The average molecular weight is 161 g/mol. The first kappa shape index (κ1) is 9.11. The van der Waals surface area contributed by atoms with Gasteiger partial charge in [-0.25, -0.2) is 0 Å². The van der Waals surface area contributed by atoms with Crippen LogP contribution in [0.15, 0.2) is 24.3 Å². The lowest BCUT2D eigenvalue weighted by Gasteiger charge is -2.13. The highest BCUT2D eigenvalue weighted by Gasteiger charge is 2.09. The van der Waals surface area contributed by atoms with Gasteiger partial charge in [-0.2, -0.15) is 5.73 Å². The van der Waals surface area contributed by atoms with Crippen LogP contribution in [0.25, 0.3) is 0 Å². The summed E-state index contributed by atoms with van der Waals surface area (Å²) >= 11 is 0. The lowest BCUT2D eigenvalue weighted by molar-refractivity contribution is 0.642. The summed E-state index contributed by atoms with van der Waals surface area (Å²) in [5, 5.41) is 0. The first-order chi connectivity index (χ1) is 5.79. The molecule has 1 aromatic carbocycles. The Labute approximate surface area is 74.6 Å². The van der Waals surface area contributed by atoms with Crippen LogP contribution in [0.2, 0.25) is 0 Å². The third-order valence-electron chi connectivity index (χ3n) is 2.36. The molecule has 0 unspecified atom stereocenters. The van der Waals surface area contributed by atoms with Gasteiger partial charge in [-0.05, 0) is 30.4 Å². The molecule has 0 aliphatic rings. The van der Waals surface area contributed by atoms with Gasteiger partial charge in [0.05, 0.1) is 5.69 Å². The van der Waals surface area contributed by atoms with E-state index in [9.17, 15) is 5.73 Å². The van der Waals surface area contributed by atoms with Crippen LogP contribution in [-0.2, 0) is 0 Å². The maximum atomic E-state index is 9.54. The normalized spacial score (nSPS) is 10.6. The summed E-state index contributed by atoms with van der Waals surface area (Å²) in [4.78, 5) is 0. The summed E-state index contributed by atoms with van der Waals surface area (Å²) in [5.74, 6) is 0.506. The van der Waals surface area contributed by atoms with Gasteiger partial charge in [0, 0.05) is 0 Å². The maximum Gasteiger partial charge on any atom is 0.0891 e. The molecular weight excluding hydrogens is 146 g/mol. The Hall–Kier alpha value is -0.980. The minimum Gasteiger partial charge on any atom is -0.150 e. The van der Waals surface area contributed by atoms with Gasteiger partial charge < -0.3 is 0 Å². The summed E-state index contributed by atoms with van der Waals surface area (Å²) < 4.78 is 0. The molecule has 0 aliphatic carbocycles. The predicted molar refractivity (Wildman–Crippen MR) is 51.6 cm³/mol. The topological polar surface area (TPSA) is 22.3 Å². The summed E-state index contributed by atoms with van der Waals surface area (Å²) in [7, 11) is 0. The second kappa shape index (κ2) is 4.15. The van der Waals surface area contributed by atoms with Gasteiger partial charge >= 0.3 is 0 Å². The number of hydrogen-bond acceptors (Lipinski definition) is 0. The van der Waals surface area contributed by atoms with Gasteiger partial charge in [-0.15, -0.1) is 0 Å². The van der Waals surface area contributed by atoms with Gasteiger partial charge in [0.25, 0.3) is 0 Å². The lowest BCUT2D eigenvalue weighted by Crippen LogP contribution is -1.96.